The fourth-order valence-corrected chi connectivity index (χ4v) is 1.91. The van der Waals surface area contributed by atoms with Gasteiger partial charge in [0.1, 0.15) is 22.2 Å². The molecular formula is C14H7ClF4N2O3. The van der Waals surface area contributed by atoms with Crippen LogP contribution in [-0.4, -0.2) is 17.0 Å². The zero-order valence-corrected chi connectivity index (χ0v) is 12.2. The van der Waals surface area contributed by atoms with Gasteiger partial charge >= 0.3 is 6.03 Å². The third-order valence-corrected chi connectivity index (χ3v) is 3.12. The van der Waals surface area contributed by atoms with E-state index in [2.05, 4.69) is 0 Å². The molecule has 0 saturated heterocycles. The molecule has 0 unspecified atom stereocenters. The smallest absolute Gasteiger partial charge is 0.326 e. The number of hydrogen-bond donors (Lipinski definition) is 3. The van der Waals surface area contributed by atoms with Gasteiger partial charge in [-0.2, -0.15) is 0 Å². The molecule has 2 aromatic rings. The molecular weight excluding hydrogens is 356 g/mol. The molecule has 0 radical (unpaired) electrons. The molecule has 0 spiro atoms. The summed E-state index contributed by atoms with van der Waals surface area (Å²) < 4.78 is 53.6. The maximum atomic E-state index is 13.7. The second-order valence-corrected chi connectivity index (χ2v) is 4.77. The largest absolute Gasteiger partial charge is 0.505 e. The maximum absolute atomic E-state index is 13.7. The van der Waals surface area contributed by atoms with Crippen molar-refractivity contribution >= 4 is 29.2 Å². The number of aromatic hydroxyl groups is 1. The number of benzene rings is 2. The van der Waals surface area contributed by atoms with Gasteiger partial charge in [-0.25, -0.2) is 22.4 Å². The molecule has 2 rings (SSSR count). The van der Waals surface area contributed by atoms with E-state index in [0.717, 1.165) is 18.2 Å². The highest BCUT2D eigenvalue weighted by Crippen LogP contribution is 2.32. The summed E-state index contributed by atoms with van der Waals surface area (Å²) in [6.07, 6.45) is 0. The number of carbonyl (C=O) groups excluding carboxylic acids is 2. The van der Waals surface area contributed by atoms with Gasteiger partial charge in [0.2, 0.25) is 0 Å². The molecule has 0 aliphatic rings. The Balaban J connectivity index is 2.19. The molecule has 0 fully saturated rings. The first-order valence-corrected chi connectivity index (χ1v) is 6.53. The maximum Gasteiger partial charge on any atom is 0.326 e. The summed E-state index contributed by atoms with van der Waals surface area (Å²) in [5.74, 6) is -7.76. The molecule has 3 amide bonds. The van der Waals surface area contributed by atoms with E-state index < -0.39 is 57.2 Å². The highest BCUT2D eigenvalue weighted by atomic mass is 35.5. The second-order valence-electron chi connectivity index (χ2n) is 4.39. The monoisotopic (exact) mass is 362 g/mol. The number of amides is 3. The van der Waals surface area contributed by atoms with E-state index in [0.29, 0.717) is 6.07 Å². The highest BCUT2D eigenvalue weighted by molar-refractivity contribution is 6.31. The highest BCUT2D eigenvalue weighted by Gasteiger charge is 2.21. The predicted octanol–water partition coefficient (Wildman–Crippen LogP) is 3.56. The van der Waals surface area contributed by atoms with Crippen molar-refractivity contribution in [2.45, 2.75) is 0 Å². The van der Waals surface area contributed by atoms with E-state index >= 15 is 0 Å². The summed E-state index contributed by atoms with van der Waals surface area (Å²) in [7, 11) is 0. The molecule has 24 heavy (non-hydrogen) atoms. The third kappa shape index (κ3) is 3.40. The number of hydrogen-bond acceptors (Lipinski definition) is 3. The van der Waals surface area contributed by atoms with E-state index in [9.17, 15) is 32.3 Å². The van der Waals surface area contributed by atoms with E-state index in [4.69, 9.17) is 11.6 Å². The van der Waals surface area contributed by atoms with Gasteiger partial charge in [-0.05, 0) is 12.1 Å². The lowest BCUT2D eigenvalue weighted by atomic mass is 10.2. The lowest BCUT2D eigenvalue weighted by Crippen LogP contribution is -2.35. The quantitative estimate of drug-likeness (QED) is 0.564. The molecule has 2 aromatic carbocycles. The van der Waals surface area contributed by atoms with Gasteiger partial charge in [0.05, 0.1) is 5.69 Å². The Morgan fingerprint density at radius 3 is 2.21 bits per heavy atom. The summed E-state index contributed by atoms with van der Waals surface area (Å²) in [5, 5.41) is 11.4. The van der Waals surface area contributed by atoms with Crippen molar-refractivity contribution in [2.24, 2.45) is 0 Å². The molecule has 0 aliphatic heterocycles. The van der Waals surface area contributed by atoms with Crippen LogP contribution in [0.1, 0.15) is 10.4 Å². The number of halogens is 5. The first-order chi connectivity index (χ1) is 11.2. The van der Waals surface area contributed by atoms with Crippen molar-refractivity contribution < 1.29 is 32.3 Å². The molecule has 0 aliphatic carbocycles. The molecule has 0 atom stereocenters. The fraction of sp³-hybridized carbons (Fsp3) is 0. The van der Waals surface area contributed by atoms with Gasteiger partial charge in [-0.15, -0.1) is 0 Å². The van der Waals surface area contributed by atoms with E-state index in [1.807, 2.05) is 0 Å². The van der Waals surface area contributed by atoms with Gasteiger partial charge < -0.3 is 10.4 Å². The number of phenolic OH excluding ortho intramolecular Hbond substituents is 1. The topological polar surface area (TPSA) is 78.4 Å². The predicted molar refractivity (Wildman–Crippen MR) is 75.9 cm³/mol. The number of nitrogens with one attached hydrogen (secondary N) is 2. The van der Waals surface area contributed by atoms with Crippen molar-refractivity contribution in [1.82, 2.24) is 5.32 Å². The lowest BCUT2D eigenvalue weighted by molar-refractivity contribution is 0.0959. The summed E-state index contributed by atoms with van der Waals surface area (Å²) in [6, 6.07) is 1.73. The zero-order valence-electron chi connectivity index (χ0n) is 11.5. The van der Waals surface area contributed by atoms with Crippen LogP contribution in [0.3, 0.4) is 0 Å². The summed E-state index contributed by atoms with van der Waals surface area (Å²) in [4.78, 5) is 23.3. The van der Waals surface area contributed by atoms with Crippen LogP contribution in [0.15, 0.2) is 24.3 Å². The van der Waals surface area contributed by atoms with Crippen molar-refractivity contribution in [2.75, 3.05) is 5.32 Å². The van der Waals surface area contributed by atoms with Crippen molar-refractivity contribution in [1.29, 1.82) is 0 Å². The SMILES string of the molecule is O=C(NC(=O)c1c(F)cccc1F)Nc1cc(O)c(F)c(Cl)c1F. The number of carbonyl (C=O) groups is 2. The second kappa shape index (κ2) is 6.75. The minimum absolute atomic E-state index is 0.504. The van der Waals surface area contributed by atoms with Gasteiger partial charge in [-0.3, -0.25) is 10.1 Å². The Hall–Kier alpha value is -2.81. The Morgan fingerprint density at radius 2 is 1.62 bits per heavy atom. The third-order valence-electron chi connectivity index (χ3n) is 2.79. The summed E-state index contributed by atoms with van der Waals surface area (Å²) in [5.41, 5.74) is -1.77. The Labute approximate surface area is 136 Å². The van der Waals surface area contributed by atoms with Crippen LogP contribution in [0.5, 0.6) is 5.75 Å². The normalized spacial score (nSPS) is 10.4. The lowest BCUT2D eigenvalue weighted by Gasteiger charge is -2.10. The molecule has 10 heteroatoms. The van der Waals surface area contributed by atoms with Crippen LogP contribution in [0, 0.1) is 23.3 Å². The molecule has 0 bridgehead atoms. The number of imide groups is 1. The number of anilines is 1. The van der Waals surface area contributed by atoms with Gasteiger partial charge in [0, 0.05) is 6.07 Å². The Kier molecular flexibility index (Phi) is 4.93. The van der Waals surface area contributed by atoms with Crippen molar-refractivity contribution in [3.05, 3.63) is 58.1 Å². The van der Waals surface area contributed by atoms with Crippen LogP contribution in [0.4, 0.5) is 28.0 Å². The van der Waals surface area contributed by atoms with Gasteiger partial charge in [-0.1, -0.05) is 17.7 Å². The Bertz CT molecular complexity index is 825. The van der Waals surface area contributed by atoms with Crippen LogP contribution in [0.25, 0.3) is 0 Å². The number of phenols is 1. The molecule has 3 N–H and O–H groups in total. The molecule has 0 saturated carbocycles. The van der Waals surface area contributed by atoms with Crippen molar-refractivity contribution in [3.8, 4) is 5.75 Å². The fourth-order valence-electron chi connectivity index (χ4n) is 1.72. The minimum Gasteiger partial charge on any atom is -0.505 e. The standard InChI is InChI=1S/C14H7ClF4N2O3/c15-10-11(18)7(4-8(22)12(10)19)20-14(24)21-13(23)9-5(16)2-1-3-6(9)17/h1-4,22H,(H2,20,21,23,24). The zero-order chi connectivity index (χ0) is 18.0. The average molecular weight is 363 g/mol. The molecule has 0 heterocycles. The van der Waals surface area contributed by atoms with Crippen LogP contribution in [-0.2, 0) is 0 Å². The average Bonchev–Trinajstić information content (AvgIpc) is 2.50. The minimum atomic E-state index is -1.44. The van der Waals surface area contributed by atoms with Crippen LogP contribution < -0.4 is 10.6 Å². The Morgan fingerprint density at radius 1 is 1.04 bits per heavy atom. The van der Waals surface area contributed by atoms with Crippen LogP contribution >= 0.6 is 11.6 Å². The molecule has 0 aromatic heterocycles. The summed E-state index contributed by atoms with van der Waals surface area (Å²) >= 11 is 5.27. The van der Waals surface area contributed by atoms with E-state index in [1.54, 1.807) is 10.6 Å². The van der Waals surface area contributed by atoms with E-state index in [1.165, 1.54) is 0 Å². The first kappa shape index (κ1) is 17.5. The number of rotatable bonds is 2. The molecule has 5 nitrogen and oxygen atoms in total. The van der Waals surface area contributed by atoms with Gasteiger partial charge in [0.15, 0.2) is 17.4 Å². The van der Waals surface area contributed by atoms with Crippen LogP contribution in [0.2, 0.25) is 5.02 Å². The van der Waals surface area contributed by atoms with Gasteiger partial charge in [0.25, 0.3) is 5.91 Å². The first-order valence-electron chi connectivity index (χ1n) is 6.15. The summed E-state index contributed by atoms with van der Waals surface area (Å²) in [6.45, 7) is 0. The van der Waals surface area contributed by atoms with E-state index in [-0.39, 0.29) is 0 Å². The molecule has 126 valence electrons. The number of urea groups is 1. The van der Waals surface area contributed by atoms with Crippen molar-refractivity contribution in [3.63, 3.8) is 0 Å².